The Morgan fingerprint density at radius 3 is 2.23 bits per heavy atom. The number of aliphatic hydroxyl groups is 1. The van der Waals surface area contributed by atoms with Crippen molar-refractivity contribution in [1.29, 1.82) is 0 Å². The number of hydrogen-bond donors (Lipinski definition) is 1. The van der Waals surface area contributed by atoms with Gasteiger partial charge in [-0.15, -0.1) is 0 Å². The number of aliphatic hydroxyl groups excluding tert-OH is 1. The average Bonchev–Trinajstić information content (AvgIpc) is 2.47. The fourth-order valence-electron chi connectivity index (χ4n) is 2.62. The first-order chi connectivity index (χ1) is 10.3. The van der Waals surface area contributed by atoms with Crippen molar-refractivity contribution in [3.05, 3.63) is 29.8 Å². The summed E-state index contributed by atoms with van der Waals surface area (Å²) in [4.78, 5) is 4.62. The van der Waals surface area contributed by atoms with Gasteiger partial charge in [-0.1, -0.05) is 32.9 Å². The lowest BCUT2D eigenvalue weighted by atomic mass is 9.87. The Labute approximate surface area is 134 Å². The van der Waals surface area contributed by atoms with E-state index < -0.39 is 6.10 Å². The molecule has 1 atom stereocenters. The van der Waals surface area contributed by atoms with Crippen LogP contribution in [0.15, 0.2) is 24.3 Å². The smallest absolute Gasteiger partial charge is 0.119 e. The Balaban J connectivity index is 1.75. The number of likely N-dealkylation sites (N-methyl/N-ethyl adjacent to an activating group) is 1. The number of rotatable bonds is 5. The highest BCUT2D eigenvalue weighted by atomic mass is 16.5. The molecule has 2 rings (SSSR count). The summed E-state index contributed by atoms with van der Waals surface area (Å²) in [6.07, 6.45) is -0.439. The molecule has 0 radical (unpaired) electrons. The van der Waals surface area contributed by atoms with Gasteiger partial charge in [-0.3, -0.25) is 4.90 Å². The molecule has 1 fully saturated rings. The molecule has 124 valence electrons. The maximum Gasteiger partial charge on any atom is 0.119 e. The van der Waals surface area contributed by atoms with E-state index in [1.54, 1.807) is 0 Å². The summed E-state index contributed by atoms with van der Waals surface area (Å²) < 4.78 is 5.71. The van der Waals surface area contributed by atoms with Crippen molar-refractivity contribution in [2.45, 2.75) is 32.3 Å². The number of ether oxygens (including phenoxy) is 1. The van der Waals surface area contributed by atoms with Crippen LogP contribution < -0.4 is 4.74 Å². The maximum atomic E-state index is 10.1. The van der Waals surface area contributed by atoms with Gasteiger partial charge < -0.3 is 14.7 Å². The summed E-state index contributed by atoms with van der Waals surface area (Å²) in [6, 6.07) is 8.18. The van der Waals surface area contributed by atoms with Gasteiger partial charge in [-0.2, -0.15) is 0 Å². The molecule has 0 unspecified atom stereocenters. The van der Waals surface area contributed by atoms with Crippen molar-refractivity contribution in [2.75, 3.05) is 46.4 Å². The second-order valence-corrected chi connectivity index (χ2v) is 7.34. The van der Waals surface area contributed by atoms with Gasteiger partial charge >= 0.3 is 0 Å². The molecule has 4 nitrogen and oxygen atoms in total. The molecule has 1 N–H and O–H groups in total. The van der Waals surface area contributed by atoms with E-state index in [1.807, 2.05) is 12.1 Å². The minimum atomic E-state index is -0.439. The molecular formula is C18H30N2O2. The summed E-state index contributed by atoms with van der Waals surface area (Å²) in [5, 5.41) is 10.1. The second-order valence-electron chi connectivity index (χ2n) is 7.34. The standard InChI is InChI=1S/C18H30N2O2/c1-18(2,3)15-5-7-17(8-6-15)22-14-16(21)13-20-11-9-19(4)10-12-20/h5-8,16,21H,9-14H2,1-4H3/t16-/m0/s1. The maximum absolute atomic E-state index is 10.1. The van der Waals surface area contributed by atoms with Crippen molar-refractivity contribution < 1.29 is 9.84 Å². The Kier molecular flexibility index (Phi) is 5.84. The van der Waals surface area contributed by atoms with Crippen LogP contribution in [0.5, 0.6) is 5.75 Å². The highest BCUT2D eigenvalue weighted by Gasteiger charge is 2.17. The minimum absolute atomic E-state index is 0.152. The van der Waals surface area contributed by atoms with Crippen molar-refractivity contribution in [3.8, 4) is 5.75 Å². The van der Waals surface area contributed by atoms with Gasteiger partial charge in [0.25, 0.3) is 0 Å². The molecular weight excluding hydrogens is 276 g/mol. The van der Waals surface area contributed by atoms with E-state index in [4.69, 9.17) is 4.74 Å². The molecule has 1 aliphatic heterocycles. The molecule has 1 aliphatic rings. The van der Waals surface area contributed by atoms with E-state index in [0.717, 1.165) is 31.9 Å². The Morgan fingerprint density at radius 2 is 1.68 bits per heavy atom. The monoisotopic (exact) mass is 306 g/mol. The highest BCUT2D eigenvalue weighted by molar-refractivity contribution is 5.31. The Bertz CT molecular complexity index is 445. The van der Waals surface area contributed by atoms with E-state index >= 15 is 0 Å². The van der Waals surface area contributed by atoms with Crippen LogP contribution in [0.2, 0.25) is 0 Å². The van der Waals surface area contributed by atoms with Gasteiger partial charge in [0.2, 0.25) is 0 Å². The average molecular weight is 306 g/mol. The fraction of sp³-hybridized carbons (Fsp3) is 0.667. The zero-order chi connectivity index (χ0) is 16.2. The Hall–Kier alpha value is -1.10. The molecule has 22 heavy (non-hydrogen) atoms. The molecule has 1 saturated heterocycles. The molecule has 0 amide bonds. The third kappa shape index (κ3) is 5.27. The molecule has 0 bridgehead atoms. The normalized spacial score (nSPS) is 19.1. The van der Waals surface area contributed by atoms with Gasteiger partial charge in [-0.25, -0.2) is 0 Å². The topological polar surface area (TPSA) is 35.9 Å². The van der Waals surface area contributed by atoms with Crippen LogP contribution in [0.4, 0.5) is 0 Å². The third-order valence-electron chi connectivity index (χ3n) is 4.23. The van der Waals surface area contributed by atoms with Crippen LogP contribution in [0.3, 0.4) is 0 Å². The van der Waals surface area contributed by atoms with Gasteiger partial charge in [0, 0.05) is 32.7 Å². The third-order valence-corrected chi connectivity index (χ3v) is 4.23. The van der Waals surface area contributed by atoms with E-state index in [0.29, 0.717) is 13.2 Å². The lowest BCUT2D eigenvalue weighted by molar-refractivity contribution is 0.0505. The molecule has 4 heteroatoms. The van der Waals surface area contributed by atoms with Gasteiger partial charge in [0.05, 0.1) is 0 Å². The SMILES string of the molecule is CN1CCN(C[C@H](O)COc2ccc(C(C)(C)C)cc2)CC1. The van der Waals surface area contributed by atoms with Crippen molar-refractivity contribution in [2.24, 2.45) is 0 Å². The van der Waals surface area contributed by atoms with Gasteiger partial charge in [-0.05, 0) is 30.2 Å². The van der Waals surface area contributed by atoms with Crippen molar-refractivity contribution >= 4 is 0 Å². The predicted octanol–water partition coefficient (Wildman–Crippen LogP) is 1.97. The van der Waals surface area contributed by atoms with E-state index in [-0.39, 0.29) is 5.41 Å². The predicted molar refractivity (Wildman–Crippen MR) is 90.6 cm³/mol. The van der Waals surface area contributed by atoms with Crippen LogP contribution in [0, 0.1) is 0 Å². The lowest BCUT2D eigenvalue weighted by Crippen LogP contribution is -2.47. The van der Waals surface area contributed by atoms with E-state index in [9.17, 15) is 5.11 Å². The Morgan fingerprint density at radius 1 is 1.09 bits per heavy atom. The summed E-state index contributed by atoms with van der Waals surface area (Å²) in [7, 11) is 2.14. The van der Waals surface area contributed by atoms with Crippen LogP contribution in [0.25, 0.3) is 0 Å². The molecule has 0 aliphatic carbocycles. The van der Waals surface area contributed by atoms with Gasteiger partial charge in [0.1, 0.15) is 18.5 Å². The number of piperazine rings is 1. The first-order valence-corrected chi connectivity index (χ1v) is 8.17. The van der Waals surface area contributed by atoms with E-state index in [1.165, 1.54) is 5.56 Å². The van der Waals surface area contributed by atoms with Gasteiger partial charge in [0.15, 0.2) is 0 Å². The summed E-state index contributed by atoms with van der Waals surface area (Å²) in [5.41, 5.74) is 1.44. The summed E-state index contributed by atoms with van der Waals surface area (Å²) >= 11 is 0. The molecule has 1 heterocycles. The zero-order valence-corrected chi connectivity index (χ0v) is 14.4. The quantitative estimate of drug-likeness (QED) is 0.902. The molecule has 0 spiro atoms. The highest BCUT2D eigenvalue weighted by Crippen LogP contribution is 2.24. The first-order valence-electron chi connectivity index (χ1n) is 8.17. The number of benzene rings is 1. The minimum Gasteiger partial charge on any atom is -0.491 e. The fourth-order valence-corrected chi connectivity index (χ4v) is 2.62. The van der Waals surface area contributed by atoms with Crippen molar-refractivity contribution in [3.63, 3.8) is 0 Å². The van der Waals surface area contributed by atoms with Crippen LogP contribution in [-0.2, 0) is 5.41 Å². The summed E-state index contributed by atoms with van der Waals surface area (Å²) in [5.74, 6) is 0.824. The van der Waals surface area contributed by atoms with Crippen LogP contribution >= 0.6 is 0 Å². The number of β-amino-alcohol motifs (C(OH)–C–C–N with tert-alkyl or cyclic N) is 1. The lowest BCUT2D eigenvalue weighted by Gasteiger charge is -2.33. The number of nitrogens with zero attached hydrogens (tertiary/aromatic N) is 2. The summed E-state index contributed by atoms with van der Waals surface area (Å²) in [6.45, 7) is 11.8. The molecule has 1 aromatic rings. The second kappa shape index (κ2) is 7.44. The van der Waals surface area contributed by atoms with Crippen molar-refractivity contribution in [1.82, 2.24) is 9.80 Å². The molecule has 0 saturated carbocycles. The molecule has 1 aromatic carbocycles. The van der Waals surface area contributed by atoms with E-state index in [2.05, 4.69) is 49.8 Å². The largest absolute Gasteiger partial charge is 0.491 e. The first kappa shape index (κ1) is 17.3. The number of hydrogen-bond acceptors (Lipinski definition) is 4. The van der Waals surface area contributed by atoms with Crippen LogP contribution in [-0.4, -0.2) is 67.4 Å². The van der Waals surface area contributed by atoms with Crippen LogP contribution in [0.1, 0.15) is 26.3 Å². The zero-order valence-electron chi connectivity index (χ0n) is 14.4. The molecule has 0 aromatic heterocycles.